The van der Waals surface area contributed by atoms with E-state index in [1.165, 1.54) is 18.2 Å². The van der Waals surface area contributed by atoms with Crippen molar-refractivity contribution in [2.24, 2.45) is 0 Å². The van der Waals surface area contributed by atoms with Gasteiger partial charge in [0.05, 0.1) is 6.10 Å². The van der Waals surface area contributed by atoms with E-state index in [1.807, 2.05) is 26.8 Å². The minimum absolute atomic E-state index is 0.0446. The second kappa shape index (κ2) is 7.68. The molecule has 2 N–H and O–H groups in total. The van der Waals surface area contributed by atoms with Gasteiger partial charge in [-0.2, -0.15) is 0 Å². The van der Waals surface area contributed by atoms with Crippen LogP contribution in [0.3, 0.4) is 0 Å². The summed E-state index contributed by atoms with van der Waals surface area (Å²) in [7, 11) is 0. The Labute approximate surface area is 142 Å². The summed E-state index contributed by atoms with van der Waals surface area (Å²) < 4.78 is 5.72. The molecule has 0 bridgehead atoms. The van der Waals surface area contributed by atoms with Crippen LogP contribution in [0.1, 0.15) is 42.3 Å². The van der Waals surface area contributed by atoms with Gasteiger partial charge in [0.2, 0.25) is 0 Å². The van der Waals surface area contributed by atoms with Gasteiger partial charge in [0, 0.05) is 17.2 Å². The highest BCUT2D eigenvalue weighted by molar-refractivity contribution is 6.07. The summed E-state index contributed by atoms with van der Waals surface area (Å²) in [5, 5.41) is 19.3. The first kappa shape index (κ1) is 17.6. The van der Waals surface area contributed by atoms with Gasteiger partial charge in [-0.1, -0.05) is 6.92 Å². The predicted octanol–water partition coefficient (Wildman–Crippen LogP) is 4.34. The van der Waals surface area contributed by atoms with Crippen LogP contribution in [0.5, 0.6) is 17.2 Å². The molecule has 0 fully saturated rings. The van der Waals surface area contributed by atoms with E-state index in [9.17, 15) is 15.0 Å². The first-order chi connectivity index (χ1) is 11.4. The molecule has 4 heteroatoms. The van der Waals surface area contributed by atoms with Gasteiger partial charge in [-0.3, -0.25) is 4.79 Å². The molecule has 0 atom stereocenters. The zero-order valence-corrected chi connectivity index (χ0v) is 14.1. The maximum atomic E-state index is 12.2. The molecule has 0 aliphatic carbocycles. The Morgan fingerprint density at radius 2 is 1.83 bits per heavy atom. The average Bonchev–Trinajstić information content (AvgIpc) is 2.54. The van der Waals surface area contributed by atoms with Crippen molar-refractivity contribution >= 4 is 11.9 Å². The second-order valence-corrected chi connectivity index (χ2v) is 5.78. The van der Waals surface area contributed by atoms with Gasteiger partial charge in [0.25, 0.3) is 0 Å². The van der Waals surface area contributed by atoms with Crippen LogP contribution >= 0.6 is 0 Å². The molecular formula is C20H22O4. The van der Waals surface area contributed by atoms with E-state index >= 15 is 0 Å². The summed E-state index contributed by atoms with van der Waals surface area (Å²) in [4.78, 5) is 12.2. The fraction of sp³-hybridized carbons (Fsp3) is 0.250. The summed E-state index contributed by atoms with van der Waals surface area (Å²) in [6.07, 6.45) is 3.79. The number of ketones is 1. The molecule has 0 aliphatic rings. The molecule has 0 saturated heterocycles. The van der Waals surface area contributed by atoms with E-state index in [1.54, 1.807) is 24.3 Å². The van der Waals surface area contributed by atoms with Gasteiger partial charge in [-0.15, -0.1) is 0 Å². The third-order valence-electron chi connectivity index (χ3n) is 3.52. The first-order valence-electron chi connectivity index (χ1n) is 7.94. The van der Waals surface area contributed by atoms with Gasteiger partial charge in [0.15, 0.2) is 5.78 Å². The number of aryl methyl sites for hydroxylation is 1. The Morgan fingerprint density at radius 1 is 1.17 bits per heavy atom. The number of hydrogen-bond donors (Lipinski definition) is 2. The molecule has 2 aromatic rings. The Kier molecular flexibility index (Phi) is 5.64. The molecule has 126 valence electrons. The van der Waals surface area contributed by atoms with Crippen molar-refractivity contribution in [3.63, 3.8) is 0 Å². The van der Waals surface area contributed by atoms with E-state index in [0.717, 1.165) is 11.1 Å². The summed E-state index contributed by atoms with van der Waals surface area (Å²) in [5.74, 6) is 0.676. The van der Waals surface area contributed by atoms with E-state index in [0.29, 0.717) is 17.7 Å². The number of carbonyl (C=O) groups excluding carboxylic acids is 1. The predicted molar refractivity (Wildman–Crippen MR) is 94.7 cm³/mol. The third kappa shape index (κ3) is 4.38. The highest BCUT2D eigenvalue weighted by Gasteiger charge is 2.10. The number of ether oxygens (including phenoxy) is 1. The van der Waals surface area contributed by atoms with Gasteiger partial charge in [0.1, 0.15) is 17.2 Å². The molecule has 0 spiro atoms. The lowest BCUT2D eigenvalue weighted by Crippen LogP contribution is -2.07. The van der Waals surface area contributed by atoms with E-state index in [2.05, 4.69) is 0 Å². The lowest BCUT2D eigenvalue weighted by atomic mass is 10.0. The second-order valence-electron chi connectivity index (χ2n) is 5.78. The van der Waals surface area contributed by atoms with E-state index < -0.39 is 0 Å². The van der Waals surface area contributed by atoms with Crippen molar-refractivity contribution in [1.82, 2.24) is 0 Å². The molecule has 0 amide bonds. The summed E-state index contributed by atoms with van der Waals surface area (Å²) in [6, 6.07) is 9.51. The number of aromatic hydroxyl groups is 2. The number of phenols is 2. The van der Waals surface area contributed by atoms with E-state index in [-0.39, 0.29) is 23.4 Å². The highest BCUT2D eigenvalue weighted by Crippen LogP contribution is 2.30. The summed E-state index contributed by atoms with van der Waals surface area (Å²) in [6.45, 7) is 5.76. The van der Waals surface area contributed by atoms with Crippen molar-refractivity contribution in [3.8, 4) is 17.2 Å². The Bertz CT molecular complexity index is 743. The van der Waals surface area contributed by atoms with Gasteiger partial charge >= 0.3 is 0 Å². The lowest BCUT2D eigenvalue weighted by Gasteiger charge is -2.14. The third-order valence-corrected chi connectivity index (χ3v) is 3.52. The summed E-state index contributed by atoms with van der Waals surface area (Å²) >= 11 is 0. The molecule has 0 aliphatic heterocycles. The normalized spacial score (nSPS) is 11.2. The molecule has 4 nitrogen and oxygen atoms in total. The van der Waals surface area contributed by atoms with Crippen molar-refractivity contribution in [3.05, 3.63) is 59.2 Å². The van der Waals surface area contributed by atoms with Crippen LogP contribution in [0.25, 0.3) is 6.08 Å². The Hall–Kier alpha value is -2.75. The highest BCUT2D eigenvalue weighted by atomic mass is 16.5. The fourth-order valence-electron chi connectivity index (χ4n) is 2.29. The van der Waals surface area contributed by atoms with Crippen molar-refractivity contribution in [2.45, 2.75) is 33.3 Å². The molecule has 0 aromatic heterocycles. The number of benzene rings is 2. The van der Waals surface area contributed by atoms with Gasteiger partial charge < -0.3 is 14.9 Å². The average molecular weight is 326 g/mol. The van der Waals surface area contributed by atoms with Crippen LogP contribution in [0.2, 0.25) is 0 Å². The smallest absolute Gasteiger partial charge is 0.185 e. The zero-order chi connectivity index (χ0) is 17.7. The van der Waals surface area contributed by atoms with Crippen LogP contribution in [-0.4, -0.2) is 22.1 Å². The number of allylic oxidation sites excluding steroid dienone is 1. The number of phenolic OH excluding ortho intramolecular Hbond substituents is 2. The Balaban J connectivity index is 2.32. The largest absolute Gasteiger partial charge is 0.508 e. The van der Waals surface area contributed by atoms with Crippen LogP contribution in [0.4, 0.5) is 0 Å². The molecule has 0 radical (unpaired) electrons. The molecular weight excluding hydrogens is 304 g/mol. The van der Waals surface area contributed by atoms with E-state index in [4.69, 9.17) is 4.74 Å². The Morgan fingerprint density at radius 3 is 2.42 bits per heavy atom. The van der Waals surface area contributed by atoms with Crippen LogP contribution < -0.4 is 4.74 Å². The fourth-order valence-corrected chi connectivity index (χ4v) is 2.29. The number of rotatable bonds is 6. The molecule has 24 heavy (non-hydrogen) atoms. The quantitative estimate of drug-likeness (QED) is 0.612. The molecule has 2 aromatic carbocycles. The lowest BCUT2D eigenvalue weighted by molar-refractivity contribution is 0.104. The van der Waals surface area contributed by atoms with Crippen molar-refractivity contribution in [1.29, 1.82) is 0 Å². The number of carbonyl (C=O) groups is 1. The minimum atomic E-state index is -0.170. The van der Waals surface area contributed by atoms with Crippen LogP contribution in [0.15, 0.2) is 42.5 Å². The first-order valence-corrected chi connectivity index (χ1v) is 7.94. The standard InChI is InChI=1S/C20H22O4/c1-4-14-11-16(20(12-19(14)23)24-13(2)3)7-10-18(22)15-5-8-17(21)9-6-15/h5-13,21,23H,4H2,1-3H3/b10-7+. The zero-order valence-electron chi connectivity index (χ0n) is 14.1. The van der Waals surface area contributed by atoms with Crippen LogP contribution in [-0.2, 0) is 6.42 Å². The van der Waals surface area contributed by atoms with Gasteiger partial charge in [-0.05, 0) is 68.3 Å². The van der Waals surface area contributed by atoms with Crippen molar-refractivity contribution < 1.29 is 19.7 Å². The van der Waals surface area contributed by atoms with Gasteiger partial charge in [-0.25, -0.2) is 0 Å². The van der Waals surface area contributed by atoms with Crippen molar-refractivity contribution in [2.75, 3.05) is 0 Å². The maximum absolute atomic E-state index is 12.2. The SMILES string of the molecule is CCc1cc(/C=C/C(=O)c2ccc(O)cc2)c(OC(C)C)cc1O. The summed E-state index contributed by atoms with van der Waals surface area (Å²) in [5.41, 5.74) is 2.03. The molecule has 0 heterocycles. The molecule has 0 unspecified atom stereocenters. The van der Waals surface area contributed by atoms with Crippen LogP contribution in [0, 0.1) is 0 Å². The molecule has 0 saturated carbocycles. The monoisotopic (exact) mass is 326 g/mol. The number of hydrogen-bond acceptors (Lipinski definition) is 4. The topological polar surface area (TPSA) is 66.8 Å². The maximum Gasteiger partial charge on any atom is 0.185 e. The minimum Gasteiger partial charge on any atom is -0.508 e. The molecule has 2 rings (SSSR count).